The van der Waals surface area contributed by atoms with Crippen molar-refractivity contribution in [2.45, 2.75) is 19.6 Å². The first kappa shape index (κ1) is 9.83. The maximum atomic E-state index is 10.8. The first-order chi connectivity index (χ1) is 7.03. The number of carboxylic acids is 1. The number of fused-ring (bicyclic) bond motifs is 1. The van der Waals surface area contributed by atoms with Gasteiger partial charge in [0.05, 0.1) is 11.9 Å². The van der Waals surface area contributed by atoms with Crippen molar-refractivity contribution in [3.05, 3.63) is 24.3 Å². The number of carbonyl (C=O) groups is 1. The van der Waals surface area contributed by atoms with Crippen LogP contribution < -0.4 is 14.6 Å². The lowest BCUT2D eigenvalue weighted by Crippen LogP contribution is -2.50. The summed E-state index contributed by atoms with van der Waals surface area (Å²) in [4.78, 5) is 10.8. The molecule has 1 heterocycles. The fraction of sp³-hybridized carbons (Fsp3) is 0.364. The maximum absolute atomic E-state index is 10.8. The highest BCUT2D eigenvalue weighted by atomic mass is 16.7. The largest absolute Gasteiger partial charge is 0.550 e. The summed E-state index contributed by atoms with van der Waals surface area (Å²) < 4.78 is 10.9. The molecule has 1 atom stereocenters. The van der Waals surface area contributed by atoms with Gasteiger partial charge in [0.25, 0.3) is 5.79 Å². The van der Waals surface area contributed by atoms with Gasteiger partial charge in [-0.05, 0) is 19.1 Å². The molecule has 0 spiro atoms. The van der Waals surface area contributed by atoms with E-state index in [0.717, 1.165) is 0 Å². The van der Waals surface area contributed by atoms with Gasteiger partial charge in [-0.25, -0.2) is 0 Å². The molecule has 1 aliphatic heterocycles. The number of hydrogen-bond donors (Lipinski definition) is 0. The Bertz CT molecular complexity index is 374. The Morgan fingerprint density at radius 3 is 2.20 bits per heavy atom. The molecule has 0 aliphatic carbocycles. The number of benzene rings is 1. The smallest absolute Gasteiger partial charge is 0.256 e. The van der Waals surface area contributed by atoms with E-state index in [1.165, 1.54) is 6.92 Å². The first-order valence-corrected chi connectivity index (χ1v) is 4.71. The van der Waals surface area contributed by atoms with Gasteiger partial charge in [-0.3, -0.25) is 0 Å². The van der Waals surface area contributed by atoms with E-state index >= 15 is 0 Å². The molecule has 0 aromatic heterocycles. The molecule has 0 saturated carbocycles. The molecule has 0 N–H and O–H groups in total. The van der Waals surface area contributed by atoms with Gasteiger partial charge in [0, 0.05) is 6.92 Å². The highest BCUT2D eigenvalue weighted by Gasteiger charge is 2.42. The predicted molar refractivity (Wildman–Crippen MR) is 50.3 cm³/mol. The molecule has 0 amide bonds. The van der Waals surface area contributed by atoms with Crippen molar-refractivity contribution < 1.29 is 19.4 Å². The molecule has 0 fully saturated rings. The lowest BCUT2D eigenvalue weighted by atomic mass is 10.0. The molecule has 1 aromatic rings. The van der Waals surface area contributed by atoms with E-state index in [-0.39, 0.29) is 0 Å². The van der Waals surface area contributed by atoms with Gasteiger partial charge in [-0.1, -0.05) is 12.1 Å². The van der Waals surface area contributed by atoms with Crippen LogP contribution in [0.15, 0.2) is 24.3 Å². The van der Waals surface area contributed by atoms with E-state index in [0.29, 0.717) is 11.5 Å². The SMILES string of the molecule is CC(C(=O)[O-])C1(C)Oc2ccccc2O1. The minimum absolute atomic E-state index is 0.563. The number of rotatable bonds is 2. The van der Waals surface area contributed by atoms with Gasteiger partial charge < -0.3 is 19.4 Å². The van der Waals surface area contributed by atoms with Crippen LogP contribution in [0.1, 0.15) is 13.8 Å². The monoisotopic (exact) mass is 207 g/mol. The van der Waals surface area contributed by atoms with E-state index < -0.39 is 17.7 Å². The van der Waals surface area contributed by atoms with E-state index in [1.54, 1.807) is 31.2 Å². The summed E-state index contributed by atoms with van der Waals surface area (Å²) in [5.74, 6) is -2.08. The van der Waals surface area contributed by atoms with Crippen molar-refractivity contribution in [2.24, 2.45) is 5.92 Å². The zero-order valence-corrected chi connectivity index (χ0v) is 8.52. The molecule has 0 radical (unpaired) electrons. The van der Waals surface area contributed by atoms with E-state index in [1.807, 2.05) is 0 Å². The summed E-state index contributed by atoms with van der Waals surface area (Å²) >= 11 is 0. The Labute approximate surface area is 87.4 Å². The molecule has 80 valence electrons. The Morgan fingerprint density at radius 1 is 1.33 bits per heavy atom. The summed E-state index contributed by atoms with van der Waals surface area (Å²) in [6, 6.07) is 7.08. The van der Waals surface area contributed by atoms with Gasteiger partial charge in [0.15, 0.2) is 11.5 Å². The fourth-order valence-electron chi connectivity index (χ4n) is 1.47. The summed E-state index contributed by atoms with van der Waals surface area (Å²) in [6.45, 7) is 3.09. The van der Waals surface area contributed by atoms with Crippen molar-refractivity contribution >= 4 is 5.97 Å². The van der Waals surface area contributed by atoms with Crippen molar-refractivity contribution in [3.63, 3.8) is 0 Å². The first-order valence-electron chi connectivity index (χ1n) is 4.71. The molecule has 4 nitrogen and oxygen atoms in total. The second-order valence-electron chi connectivity index (χ2n) is 3.71. The van der Waals surface area contributed by atoms with Crippen LogP contribution in [0.2, 0.25) is 0 Å². The van der Waals surface area contributed by atoms with Crippen molar-refractivity contribution in [1.29, 1.82) is 0 Å². The van der Waals surface area contributed by atoms with Crippen LogP contribution in [0.4, 0.5) is 0 Å². The van der Waals surface area contributed by atoms with Gasteiger partial charge >= 0.3 is 0 Å². The average Bonchev–Trinajstić information content (AvgIpc) is 2.54. The van der Waals surface area contributed by atoms with Crippen LogP contribution in [0, 0.1) is 5.92 Å². The van der Waals surface area contributed by atoms with Gasteiger partial charge in [-0.15, -0.1) is 0 Å². The third-order valence-electron chi connectivity index (χ3n) is 2.61. The molecule has 2 rings (SSSR count). The van der Waals surface area contributed by atoms with Crippen molar-refractivity contribution in [3.8, 4) is 11.5 Å². The van der Waals surface area contributed by atoms with Crippen LogP contribution in [0.25, 0.3) is 0 Å². The zero-order valence-electron chi connectivity index (χ0n) is 8.52. The zero-order chi connectivity index (χ0) is 11.1. The lowest BCUT2D eigenvalue weighted by Gasteiger charge is -2.30. The molecular weight excluding hydrogens is 196 g/mol. The number of carbonyl (C=O) groups excluding carboxylic acids is 1. The average molecular weight is 207 g/mol. The second-order valence-corrected chi connectivity index (χ2v) is 3.71. The maximum Gasteiger partial charge on any atom is 0.256 e. The van der Waals surface area contributed by atoms with Crippen LogP contribution in [0.3, 0.4) is 0 Å². The molecular formula is C11H11O4-. The van der Waals surface area contributed by atoms with E-state index in [9.17, 15) is 9.90 Å². The van der Waals surface area contributed by atoms with Crippen LogP contribution in [0.5, 0.6) is 11.5 Å². The van der Waals surface area contributed by atoms with Gasteiger partial charge in [-0.2, -0.15) is 0 Å². The topological polar surface area (TPSA) is 58.6 Å². The molecule has 1 unspecified atom stereocenters. The fourth-order valence-corrected chi connectivity index (χ4v) is 1.47. The standard InChI is InChI=1S/C11H12O4/c1-7(10(12)13)11(2)14-8-5-3-4-6-9(8)15-11/h3-7H,1-2H3,(H,12,13)/p-1. The molecule has 0 bridgehead atoms. The quantitative estimate of drug-likeness (QED) is 0.711. The number of carboxylic acid groups (broad SMARTS) is 1. The number of hydrogen-bond acceptors (Lipinski definition) is 4. The molecule has 1 aromatic carbocycles. The summed E-state index contributed by atoms with van der Waals surface area (Å²) in [5.41, 5.74) is 0. The van der Waals surface area contributed by atoms with Gasteiger partial charge in [0.1, 0.15) is 0 Å². The predicted octanol–water partition coefficient (Wildman–Crippen LogP) is 0.560. The summed E-state index contributed by atoms with van der Waals surface area (Å²) in [5, 5.41) is 10.8. The van der Waals surface area contributed by atoms with Crippen molar-refractivity contribution in [2.75, 3.05) is 0 Å². The van der Waals surface area contributed by atoms with Gasteiger partial charge in [0.2, 0.25) is 0 Å². The van der Waals surface area contributed by atoms with E-state index in [4.69, 9.17) is 9.47 Å². The van der Waals surface area contributed by atoms with E-state index in [2.05, 4.69) is 0 Å². The summed E-state index contributed by atoms with van der Waals surface area (Å²) in [7, 11) is 0. The Balaban J connectivity index is 2.28. The third kappa shape index (κ3) is 1.52. The normalized spacial score (nSPS) is 18.5. The minimum atomic E-state index is -1.19. The summed E-state index contributed by atoms with van der Waals surface area (Å²) in [6.07, 6.45) is 0. The van der Waals surface area contributed by atoms with Crippen LogP contribution >= 0.6 is 0 Å². The highest BCUT2D eigenvalue weighted by molar-refractivity contribution is 5.69. The van der Waals surface area contributed by atoms with Crippen LogP contribution in [-0.4, -0.2) is 11.8 Å². The minimum Gasteiger partial charge on any atom is -0.550 e. The Kier molecular flexibility index (Phi) is 2.07. The Hall–Kier alpha value is -1.71. The van der Waals surface area contributed by atoms with Crippen LogP contribution in [-0.2, 0) is 4.79 Å². The molecule has 4 heteroatoms. The number of aliphatic carboxylic acids is 1. The lowest BCUT2D eigenvalue weighted by molar-refractivity contribution is -0.319. The highest BCUT2D eigenvalue weighted by Crippen LogP contribution is 2.41. The number of ether oxygens (including phenoxy) is 2. The third-order valence-corrected chi connectivity index (χ3v) is 2.61. The second kappa shape index (κ2) is 3.15. The Morgan fingerprint density at radius 2 is 1.80 bits per heavy atom. The number of para-hydroxylation sites is 2. The molecule has 1 aliphatic rings. The molecule has 15 heavy (non-hydrogen) atoms. The van der Waals surface area contributed by atoms with Crippen molar-refractivity contribution in [1.82, 2.24) is 0 Å². The molecule has 0 saturated heterocycles.